The number of hydrogen-bond donors (Lipinski definition) is 1. The topological polar surface area (TPSA) is 153 Å². The van der Waals surface area contributed by atoms with E-state index in [0.717, 1.165) is 0 Å². The summed E-state index contributed by atoms with van der Waals surface area (Å²) in [6.45, 7) is 25.1. The number of amides is 1. The normalized spacial score (nSPS) is 12.9. The molecule has 12 nitrogen and oxygen atoms in total. The number of carbonyl (C=O) groups is 5. The lowest BCUT2D eigenvalue weighted by atomic mass is 9.91. The monoisotopic (exact) mass is 783 g/mol. The molecule has 298 valence electrons. The van der Waals surface area contributed by atoms with Gasteiger partial charge < -0.3 is 33.7 Å². The van der Waals surface area contributed by atoms with Crippen molar-refractivity contribution in [1.29, 1.82) is 0 Å². The third-order valence-corrected chi connectivity index (χ3v) is 14.9. The van der Waals surface area contributed by atoms with Gasteiger partial charge in [-0.05, 0) is 87.4 Å². The summed E-state index contributed by atoms with van der Waals surface area (Å²) in [5.74, 6) is -1.43. The van der Waals surface area contributed by atoms with Gasteiger partial charge in [-0.25, -0.2) is 0 Å². The Kier molecular flexibility index (Phi) is 23.6. The molecule has 0 saturated carbocycles. The minimum Gasteiger partial charge on any atom is -0.464 e. The standard InChI is InChI=1S/C36H68NO11P3/c1-27(2)28(38)15-14-17-43-19-20-44-18-16-37-29(39)21-45-22-36(23-46-30(40)33(3,4)26-49-9,24-47-31(41)34(5,6)50(10)11)25-48-32(42)35(7,8)51(12)13/h27,49H,14-26H2,1-13H3,(H,37,39). The van der Waals surface area contributed by atoms with E-state index >= 15 is 0 Å². The van der Waals surface area contributed by atoms with E-state index in [1.54, 1.807) is 0 Å². The third kappa shape index (κ3) is 19.0. The van der Waals surface area contributed by atoms with Gasteiger partial charge in [0.2, 0.25) is 5.91 Å². The fourth-order valence-electron chi connectivity index (χ4n) is 3.97. The van der Waals surface area contributed by atoms with Crippen LogP contribution in [-0.4, -0.2) is 145 Å². The Morgan fingerprint density at radius 2 is 1.14 bits per heavy atom. The van der Waals surface area contributed by atoms with E-state index in [0.29, 0.717) is 47.4 Å². The summed E-state index contributed by atoms with van der Waals surface area (Å²) in [5.41, 5.74) is -2.03. The molecule has 51 heavy (non-hydrogen) atoms. The van der Waals surface area contributed by atoms with Gasteiger partial charge in [0.1, 0.15) is 32.2 Å². The van der Waals surface area contributed by atoms with E-state index in [9.17, 15) is 24.0 Å². The summed E-state index contributed by atoms with van der Waals surface area (Å²) in [5, 5.41) is 1.24. The lowest BCUT2D eigenvalue weighted by Crippen LogP contribution is -2.47. The Hall–Kier alpha value is -1.28. The molecule has 0 aliphatic heterocycles. The van der Waals surface area contributed by atoms with Crippen LogP contribution in [0.25, 0.3) is 0 Å². The zero-order valence-corrected chi connectivity index (χ0v) is 36.4. The van der Waals surface area contributed by atoms with Gasteiger partial charge in [0, 0.05) is 25.5 Å². The second-order valence-electron chi connectivity index (χ2n) is 15.3. The van der Waals surface area contributed by atoms with Crippen LogP contribution in [0.4, 0.5) is 0 Å². The van der Waals surface area contributed by atoms with Crippen molar-refractivity contribution in [1.82, 2.24) is 5.32 Å². The van der Waals surface area contributed by atoms with Crippen molar-refractivity contribution in [3.8, 4) is 0 Å². The first-order valence-electron chi connectivity index (χ1n) is 17.6. The van der Waals surface area contributed by atoms with E-state index in [4.69, 9.17) is 28.4 Å². The van der Waals surface area contributed by atoms with E-state index in [1.807, 2.05) is 88.7 Å². The van der Waals surface area contributed by atoms with Crippen LogP contribution in [0, 0.1) is 16.7 Å². The molecule has 1 N–H and O–H groups in total. The summed E-state index contributed by atoms with van der Waals surface area (Å²) in [4.78, 5) is 64.0. The smallest absolute Gasteiger partial charge is 0.315 e. The Labute approximate surface area is 311 Å². The second kappa shape index (κ2) is 24.2. The summed E-state index contributed by atoms with van der Waals surface area (Å²) in [6, 6.07) is 0. The van der Waals surface area contributed by atoms with Crippen LogP contribution < -0.4 is 5.32 Å². The highest BCUT2D eigenvalue weighted by Gasteiger charge is 2.42. The van der Waals surface area contributed by atoms with E-state index in [2.05, 4.69) is 5.32 Å². The number of hydrogen-bond acceptors (Lipinski definition) is 11. The molecule has 0 radical (unpaired) electrons. The molecule has 0 aromatic rings. The minimum absolute atomic E-state index is 0.0318. The zero-order chi connectivity index (χ0) is 39.5. The van der Waals surface area contributed by atoms with Crippen molar-refractivity contribution in [2.75, 3.05) is 105 Å². The highest BCUT2D eigenvalue weighted by atomic mass is 31.1. The first-order chi connectivity index (χ1) is 23.6. The number of carbonyl (C=O) groups excluding carboxylic acids is 5. The van der Waals surface area contributed by atoms with Gasteiger partial charge in [0.25, 0.3) is 0 Å². The van der Waals surface area contributed by atoms with Crippen molar-refractivity contribution in [2.24, 2.45) is 16.7 Å². The number of nitrogens with one attached hydrogen (secondary N) is 1. The van der Waals surface area contributed by atoms with Crippen LogP contribution in [0.3, 0.4) is 0 Å². The molecule has 0 aliphatic carbocycles. The minimum atomic E-state index is -1.28. The number of esters is 3. The van der Waals surface area contributed by atoms with Gasteiger partial charge in [-0.2, -0.15) is 0 Å². The van der Waals surface area contributed by atoms with Crippen LogP contribution in [0.2, 0.25) is 0 Å². The van der Waals surface area contributed by atoms with Gasteiger partial charge in [0.05, 0.1) is 47.6 Å². The molecule has 0 aliphatic rings. The highest BCUT2D eigenvalue weighted by Crippen LogP contribution is 2.44. The molecule has 0 aromatic carbocycles. The van der Waals surface area contributed by atoms with Crippen LogP contribution in [0.1, 0.15) is 68.2 Å². The molecule has 0 aromatic heterocycles. The Morgan fingerprint density at radius 1 is 0.667 bits per heavy atom. The molecular weight excluding hydrogens is 715 g/mol. The van der Waals surface area contributed by atoms with Gasteiger partial charge in [-0.1, -0.05) is 29.7 Å². The van der Waals surface area contributed by atoms with Crippen LogP contribution in [0.15, 0.2) is 0 Å². The predicted molar refractivity (Wildman–Crippen MR) is 208 cm³/mol. The zero-order valence-electron chi connectivity index (χ0n) is 33.7. The maximum absolute atomic E-state index is 13.3. The predicted octanol–water partition coefficient (Wildman–Crippen LogP) is 5.15. The molecule has 0 saturated heterocycles. The fraction of sp³-hybridized carbons (Fsp3) is 0.861. The average Bonchev–Trinajstić information content (AvgIpc) is 3.04. The van der Waals surface area contributed by atoms with Gasteiger partial charge >= 0.3 is 17.9 Å². The third-order valence-electron chi connectivity index (χ3n) is 8.87. The molecule has 0 fully saturated rings. The number of Topliss-reactive ketones (excluding diaryl/α,β-unsaturated/α-hetero) is 1. The van der Waals surface area contributed by atoms with Gasteiger partial charge in [0.15, 0.2) is 0 Å². The molecule has 1 amide bonds. The second-order valence-corrected chi connectivity index (χ2v) is 22.2. The molecule has 0 rings (SSSR count). The lowest BCUT2D eigenvalue weighted by molar-refractivity contribution is -0.173. The molecule has 1 atom stereocenters. The molecule has 0 bridgehead atoms. The average molecular weight is 784 g/mol. The van der Waals surface area contributed by atoms with Crippen LogP contribution in [0.5, 0.6) is 0 Å². The number of ketones is 1. The SMILES string of the molecule is CPCC(C)(C)C(=O)OCC(COCC(=O)NCCOCCOCCCC(=O)C(C)C)(COC(=O)C(C)(C)P(C)C)COC(=O)C(C)(C)P(C)C. The molecular formula is C36H68NO11P3. The Balaban J connectivity index is 5.57. The maximum Gasteiger partial charge on any atom is 0.315 e. The number of ether oxygens (including phenoxy) is 6. The van der Waals surface area contributed by atoms with Crippen molar-refractivity contribution < 1.29 is 52.4 Å². The summed E-state index contributed by atoms with van der Waals surface area (Å²) in [6.07, 6.45) is 1.80. The summed E-state index contributed by atoms with van der Waals surface area (Å²) in [7, 11) is -0.873. The van der Waals surface area contributed by atoms with Crippen LogP contribution in [-0.2, 0) is 52.4 Å². The summed E-state index contributed by atoms with van der Waals surface area (Å²) >= 11 is 0. The molecule has 0 spiro atoms. The lowest BCUT2D eigenvalue weighted by Gasteiger charge is -2.36. The van der Waals surface area contributed by atoms with Crippen molar-refractivity contribution >= 4 is 54.0 Å². The number of rotatable bonds is 28. The fourth-order valence-corrected chi connectivity index (χ4v) is 5.85. The molecule has 0 heterocycles. The molecule has 15 heteroatoms. The largest absolute Gasteiger partial charge is 0.464 e. The Morgan fingerprint density at radius 3 is 1.59 bits per heavy atom. The summed E-state index contributed by atoms with van der Waals surface area (Å²) < 4.78 is 34.4. The highest BCUT2D eigenvalue weighted by molar-refractivity contribution is 7.59. The maximum atomic E-state index is 13.3. The first-order valence-corrected chi connectivity index (χ1v) is 23.8. The van der Waals surface area contributed by atoms with Crippen molar-refractivity contribution in [2.45, 2.75) is 78.5 Å². The van der Waals surface area contributed by atoms with Crippen molar-refractivity contribution in [3.05, 3.63) is 0 Å². The van der Waals surface area contributed by atoms with Gasteiger partial charge in [-0.3, -0.25) is 24.0 Å². The van der Waals surface area contributed by atoms with Gasteiger partial charge in [-0.15, -0.1) is 8.58 Å². The van der Waals surface area contributed by atoms with Crippen molar-refractivity contribution in [3.63, 3.8) is 0 Å². The van der Waals surface area contributed by atoms with E-state index in [-0.39, 0.29) is 57.9 Å². The van der Waals surface area contributed by atoms with Crippen LogP contribution >= 0.6 is 24.4 Å². The first kappa shape index (κ1) is 49.7. The Bertz CT molecular complexity index is 1060. The molecule has 1 unspecified atom stereocenters. The van der Waals surface area contributed by atoms with E-state index in [1.165, 1.54) is 0 Å². The quantitative estimate of drug-likeness (QED) is 0.0486. The van der Waals surface area contributed by atoms with E-state index < -0.39 is 60.8 Å².